The molecule has 0 unspecified atom stereocenters. The van der Waals surface area contributed by atoms with E-state index in [2.05, 4.69) is 10.6 Å². The Kier molecular flexibility index (Phi) is 6.12. The highest BCUT2D eigenvalue weighted by molar-refractivity contribution is 5.90. The van der Waals surface area contributed by atoms with Crippen LogP contribution in [0.5, 0.6) is 0 Å². The summed E-state index contributed by atoms with van der Waals surface area (Å²) in [7, 11) is 0. The minimum atomic E-state index is -0.568. The highest BCUT2D eigenvalue weighted by Gasteiger charge is 2.41. The van der Waals surface area contributed by atoms with Crippen LogP contribution in [0.25, 0.3) is 0 Å². The van der Waals surface area contributed by atoms with Crippen molar-refractivity contribution in [2.24, 2.45) is 0 Å². The molecule has 5 heteroatoms. The van der Waals surface area contributed by atoms with Gasteiger partial charge in [-0.05, 0) is 55.2 Å². The van der Waals surface area contributed by atoms with E-state index in [0.29, 0.717) is 0 Å². The third-order valence-corrected chi connectivity index (χ3v) is 5.62. The van der Waals surface area contributed by atoms with Crippen LogP contribution in [0.3, 0.4) is 0 Å². The van der Waals surface area contributed by atoms with Gasteiger partial charge >= 0.3 is 0 Å². The van der Waals surface area contributed by atoms with Crippen molar-refractivity contribution in [3.8, 4) is 0 Å². The van der Waals surface area contributed by atoms with Gasteiger partial charge in [-0.2, -0.15) is 0 Å². The summed E-state index contributed by atoms with van der Waals surface area (Å²) in [5.74, 6) is -0.396. The number of halogens is 1. The Bertz CT molecular complexity index is 825. The lowest BCUT2D eigenvalue weighted by Crippen LogP contribution is -2.46. The van der Waals surface area contributed by atoms with E-state index in [1.54, 1.807) is 12.1 Å². The molecule has 1 atom stereocenters. The predicted octanol–water partition coefficient (Wildman–Crippen LogP) is 4.86. The van der Waals surface area contributed by atoms with Crippen molar-refractivity contribution in [3.63, 3.8) is 0 Å². The van der Waals surface area contributed by atoms with Crippen LogP contribution in [-0.2, 0) is 15.0 Å². The van der Waals surface area contributed by atoms with Gasteiger partial charge in [0, 0.05) is 12.6 Å². The van der Waals surface area contributed by atoms with Gasteiger partial charge in [0.25, 0.3) is 0 Å². The van der Waals surface area contributed by atoms with Crippen LogP contribution in [0.1, 0.15) is 63.1 Å². The number of anilines is 1. The smallest absolute Gasteiger partial charge is 0.231 e. The molecule has 0 aliphatic heterocycles. The van der Waals surface area contributed by atoms with Gasteiger partial charge < -0.3 is 10.6 Å². The Labute approximate surface area is 165 Å². The van der Waals surface area contributed by atoms with E-state index in [9.17, 15) is 14.0 Å². The summed E-state index contributed by atoms with van der Waals surface area (Å²) < 4.78 is 13.2. The van der Waals surface area contributed by atoms with E-state index < -0.39 is 5.41 Å². The molecule has 1 fully saturated rings. The van der Waals surface area contributed by atoms with Crippen molar-refractivity contribution in [2.75, 3.05) is 5.32 Å². The van der Waals surface area contributed by atoms with Gasteiger partial charge in [0.1, 0.15) is 5.82 Å². The summed E-state index contributed by atoms with van der Waals surface area (Å²) in [6.07, 6.45) is 4.74. The average molecular weight is 382 g/mol. The normalized spacial score (nSPS) is 16.8. The van der Waals surface area contributed by atoms with Crippen LogP contribution in [0.15, 0.2) is 48.5 Å². The number of hydrogen-bond acceptors (Lipinski definition) is 2. The number of amides is 2. The fraction of sp³-hybridized carbons (Fsp3) is 0.391. The van der Waals surface area contributed by atoms with Crippen LogP contribution < -0.4 is 10.6 Å². The van der Waals surface area contributed by atoms with E-state index >= 15 is 0 Å². The van der Waals surface area contributed by atoms with E-state index in [-0.39, 0.29) is 23.7 Å². The lowest BCUT2D eigenvalue weighted by Gasteiger charge is -2.37. The van der Waals surface area contributed by atoms with Crippen LogP contribution in [0.2, 0.25) is 0 Å². The molecule has 1 saturated carbocycles. The van der Waals surface area contributed by atoms with E-state index in [4.69, 9.17) is 0 Å². The predicted molar refractivity (Wildman–Crippen MR) is 108 cm³/mol. The van der Waals surface area contributed by atoms with E-state index in [0.717, 1.165) is 48.9 Å². The Balaban J connectivity index is 1.83. The maximum absolute atomic E-state index is 13.4. The van der Waals surface area contributed by atoms with Crippen LogP contribution in [0.4, 0.5) is 10.1 Å². The molecule has 2 amide bonds. The SMILES string of the molecule is CC(=O)Nc1ccc(C2(C(=O)N[C@@H](C)c3ccc(F)cc3)CCCCC2)cc1. The molecule has 2 aromatic rings. The maximum Gasteiger partial charge on any atom is 0.231 e. The summed E-state index contributed by atoms with van der Waals surface area (Å²) in [6.45, 7) is 3.39. The first-order chi connectivity index (χ1) is 13.4. The zero-order valence-electron chi connectivity index (χ0n) is 16.4. The number of rotatable bonds is 5. The molecule has 2 aromatic carbocycles. The second-order valence-corrected chi connectivity index (χ2v) is 7.65. The van der Waals surface area contributed by atoms with Gasteiger partial charge in [0.15, 0.2) is 0 Å². The molecule has 28 heavy (non-hydrogen) atoms. The Hall–Kier alpha value is -2.69. The van der Waals surface area contributed by atoms with Gasteiger partial charge in [0.2, 0.25) is 11.8 Å². The highest BCUT2D eigenvalue weighted by atomic mass is 19.1. The molecule has 0 radical (unpaired) electrons. The van der Waals surface area contributed by atoms with Gasteiger partial charge in [-0.15, -0.1) is 0 Å². The topological polar surface area (TPSA) is 58.2 Å². The quantitative estimate of drug-likeness (QED) is 0.776. The van der Waals surface area contributed by atoms with E-state index in [1.807, 2.05) is 31.2 Å². The summed E-state index contributed by atoms with van der Waals surface area (Å²) in [6, 6.07) is 13.6. The first-order valence-electron chi connectivity index (χ1n) is 9.85. The van der Waals surface area contributed by atoms with Crippen molar-refractivity contribution in [1.82, 2.24) is 5.32 Å². The molecule has 148 valence electrons. The van der Waals surface area contributed by atoms with Crippen molar-refractivity contribution in [1.29, 1.82) is 0 Å². The third-order valence-electron chi connectivity index (χ3n) is 5.62. The number of carbonyl (C=O) groups is 2. The van der Waals surface area contributed by atoms with Gasteiger partial charge in [-0.1, -0.05) is 43.5 Å². The molecule has 0 aromatic heterocycles. The number of benzene rings is 2. The number of hydrogen-bond donors (Lipinski definition) is 2. The molecule has 3 rings (SSSR count). The monoisotopic (exact) mass is 382 g/mol. The standard InChI is InChI=1S/C23H27FN2O2/c1-16(18-6-10-20(24)11-7-18)25-22(28)23(14-4-3-5-15-23)19-8-12-21(13-9-19)26-17(2)27/h6-13,16H,3-5,14-15H2,1-2H3,(H,25,28)(H,26,27)/t16-/m0/s1. The van der Waals surface area contributed by atoms with Crippen molar-refractivity contribution in [3.05, 3.63) is 65.5 Å². The first-order valence-corrected chi connectivity index (χ1v) is 9.85. The number of carbonyl (C=O) groups excluding carboxylic acids is 2. The van der Waals surface area contributed by atoms with Crippen LogP contribution in [0, 0.1) is 5.82 Å². The molecule has 0 bridgehead atoms. The zero-order valence-corrected chi connectivity index (χ0v) is 16.4. The first kappa shape index (κ1) is 20.1. The summed E-state index contributed by atoms with van der Waals surface area (Å²) in [5, 5.41) is 5.91. The summed E-state index contributed by atoms with van der Waals surface area (Å²) in [4.78, 5) is 24.6. The second-order valence-electron chi connectivity index (χ2n) is 7.65. The maximum atomic E-state index is 13.4. The largest absolute Gasteiger partial charge is 0.349 e. The lowest BCUT2D eigenvalue weighted by molar-refractivity contribution is -0.128. The molecule has 4 nitrogen and oxygen atoms in total. The molecule has 2 N–H and O–H groups in total. The molecule has 0 saturated heterocycles. The highest BCUT2D eigenvalue weighted by Crippen LogP contribution is 2.40. The Morgan fingerprint density at radius 3 is 2.14 bits per heavy atom. The van der Waals surface area contributed by atoms with Crippen molar-refractivity contribution < 1.29 is 14.0 Å². The van der Waals surface area contributed by atoms with Gasteiger partial charge in [-0.25, -0.2) is 4.39 Å². The van der Waals surface area contributed by atoms with E-state index in [1.165, 1.54) is 19.1 Å². The van der Waals surface area contributed by atoms with Crippen LogP contribution in [-0.4, -0.2) is 11.8 Å². The summed E-state index contributed by atoms with van der Waals surface area (Å²) >= 11 is 0. The third kappa shape index (κ3) is 4.41. The summed E-state index contributed by atoms with van der Waals surface area (Å²) in [5.41, 5.74) is 2.01. The minimum Gasteiger partial charge on any atom is -0.349 e. The molecular formula is C23H27FN2O2. The lowest BCUT2D eigenvalue weighted by atomic mass is 9.68. The Morgan fingerprint density at radius 1 is 0.964 bits per heavy atom. The average Bonchev–Trinajstić information content (AvgIpc) is 2.69. The molecule has 1 aliphatic carbocycles. The van der Waals surface area contributed by atoms with Gasteiger partial charge in [-0.3, -0.25) is 9.59 Å². The molecule has 0 spiro atoms. The van der Waals surface area contributed by atoms with Crippen LogP contribution >= 0.6 is 0 Å². The van der Waals surface area contributed by atoms with Crippen molar-refractivity contribution >= 4 is 17.5 Å². The van der Waals surface area contributed by atoms with Gasteiger partial charge in [0.05, 0.1) is 11.5 Å². The Morgan fingerprint density at radius 2 is 1.57 bits per heavy atom. The molecular weight excluding hydrogens is 355 g/mol. The zero-order chi connectivity index (χ0) is 20.1. The minimum absolute atomic E-state index is 0.0105. The molecule has 0 heterocycles. The fourth-order valence-corrected chi connectivity index (χ4v) is 4.05. The second kappa shape index (κ2) is 8.55. The fourth-order valence-electron chi connectivity index (χ4n) is 4.05. The molecule has 1 aliphatic rings. The van der Waals surface area contributed by atoms with Crippen molar-refractivity contribution in [2.45, 2.75) is 57.4 Å². The number of nitrogens with one attached hydrogen (secondary N) is 2.